The van der Waals surface area contributed by atoms with E-state index in [0.717, 1.165) is 10.8 Å². The van der Waals surface area contributed by atoms with Gasteiger partial charge in [0.25, 0.3) is 17.6 Å². The SMILES string of the molecule is COC(=O)C(CCCCN=C(N)N)NC(=O)C(=O)c1cc(Br)ccc1NC(=O)c1ccc2ccccc2c1. The van der Waals surface area contributed by atoms with Crippen molar-refractivity contribution in [3.63, 3.8) is 0 Å². The summed E-state index contributed by atoms with van der Waals surface area (Å²) in [6, 6.07) is 16.4. The zero-order valence-electron chi connectivity index (χ0n) is 20.7. The fraction of sp³-hybridized carbons (Fsp3) is 0.222. The summed E-state index contributed by atoms with van der Waals surface area (Å²) in [6.45, 7) is 0.363. The number of ether oxygens (including phenoxy) is 1. The van der Waals surface area contributed by atoms with Crippen LogP contribution in [0.4, 0.5) is 5.69 Å². The number of halogens is 1. The highest BCUT2D eigenvalue weighted by Gasteiger charge is 2.27. The molecule has 0 fully saturated rings. The third-order valence-electron chi connectivity index (χ3n) is 5.68. The van der Waals surface area contributed by atoms with Crippen LogP contribution in [0.2, 0.25) is 0 Å². The number of nitrogens with two attached hydrogens (primary N) is 2. The van der Waals surface area contributed by atoms with Crippen LogP contribution in [-0.4, -0.2) is 49.2 Å². The minimum atomic E-state index is -1.04. The molecule has 11 heteroatoms. The molecule has 1 atom stereocenters. The number of carbonyl (C=O) groups excluding carboxylic acids is 4. The Morgan fingerprint density at radius 3 is 2.42 bits per heavy atom. The molecule has 3 rings (SSSR count). The molecule has 0 aliphatic rings. The molecule has 2 amide bonds. The number of ketones is 1. The van der Waals surface area contributed by atoms with Gasteiger partial charge in [-0.25, -0.2) is 4.79 Å². The number of fused-ring (bicyclic) bond motifs is 1. The Hall–Kier alpha value is -4.25. The number of Topliss-reactive ketones (excluding diaryl/α,β-unsaturated/α-hetero) is 1. The monoisotopic (exact) mass is 581 g/mol. The van der Waals surface area contributed by atoms with E-state index in [9.17, 15) is 19.2 Å². The number of hydrogen-bond donors (Lipinski definition) is 4. The topological polar surface area (TPSA) is 166 Å². The molecule has 0 bridgehead atoms. The van der Waals surface area contributed by atoms with Crippen LogP contribution in [0, 0.1) is 0 Å². The van der Waals surface area contributed by atoms with Gasteiger partial charge in [-0.1, -0.05) is 46.3 Å². The fourth-order valence-electron chi connectivity index (χ4n) is 3.74. The van der Waals surface area contributed by atoms with Gasteiger partial charge in [-0.2, -0.15) is 0 Å². The van der Waals surface area contributed by atoms with Crippen molar-refractivity contribution in [2.45, 2.75) is 25.3 Å². The van der Waals surface area contributed by atoms with Crippen molar-refractivity contribution in [2.75, 3.05) is 19.0 Å². The lowest BCUT2D eigenvalue weighted by Crippen LogP contribution is -2.44. The average molecular weight is 582 g/mol. The Labute approximate surface area is 227 Å². The first-order chi connectivity index (χ1) is 18.2. The van der Waals surface area contributed by atoms with Crippen molar-refractivity contribution >= 4 is 61.9 Å². The quantitative estimate of drug-likeness (QED) is 0.0673. The normalized spacial score (nSPS) is 11.3. The molecule has 38 heavy (non-hydrogen) atoms. The van der Waals surface area contributed by atoms with E-state index in [4.69, 9.17) is 16.2 Å². The molecule has 10 nitrogen and oxygen atoms in total. The van der Waals surface area contributed by atoms with Crippen LogP contribution < -0.4 is 22.1 Å². The second-order valence-corrected chi connectivity index (χ2v) is 9.30. The lowest BCUT2D eigenvalue weighted by Gasteiger charge is -2.17. The summed E-state index contributed by atoms with van der Waals surface area (Å²) >= 11 is 3.30. The summed E-state index contributed by atoms with van der Waals surface area (Å²) in [5.41, 5.74) is 11.1. The smallest absolute Gasteiger partial charge is 0.328 e. The first kappa shape index (κ1) is 28.3. The van der Waals surface area contributed by atoms with Gasteiger partial charge < -0.3 is 26.8 Å². The molecule has 0 saturated heterocycles. The molecule has 0 radical (unpaired) electrons. The number of esters is 1. The fourth-order valence-corrected chi connectivity index (χ4v) is 4.11. The predicted molar refractivity (Wildman–Crippen MR) is 149 cm³/mol. The molecule has 1 unspecified atom stereocenters. The number of guanidine groups is 1. The maximum atomic E-state index is 13.1. The molecule has 3 aromatic rings. The molecule has 3 aromatic carbocycles. The van der Waals surface area contributed by atoms with Crippen molar-refractivity contribution in [3.8, 4) is 0 Å². The third kappa shape index (κ3) is 7.62. The van der Waals surface area contributed by atoms with Crippen molar-refractivity contribution in [1.29, 1.82) is 0 Å². The van der Waals surface area contributed by atoms with Crippen LogP contribution in [0.25, 0.3) is 10.8 Å². The second-order valence-electron chi connectivity index (χ2n) is 8.39. The molecule has 0 aromatic heterocycles. The molecule has 0 aliphatic carbocycles. The molecular weight excluding hydrogens is 554 g/mol. The maximum Gasteiger partial charge on any atom is 0.328 e. The molecule has 0 aliphatic heterocycles. The summed E-state index contributed by atoms with van der Waals surface area (Å²) < 4.78 is 5.30. The van der Waals surface area contributed by atoms with Gasteiger partial charge in [-0.05, 0) is 60.4 Å². The number of hydrogen-bond acceptors (Lipinski definition) is 6. The van der Waals surface area contributed by atoms with Gasteiger partial charge in [0.05, 0.1) is 18.4 Å². The Balaban J connectivity index is 1.74. The first-order valence-corrected chi connectivity index (χ1v) is 12.6. The highest BCUT2D eigenvalue weighted by atomic mass is 79.9. The van der Waals surface area contributed by atoms with Crippen LogP contribution in [0.1, 0.15) is 40.0 Å². The number of methoxy groups -OCH3 is 1. The minimum absolute atomic E-state index is 0.0362. The lowest BCUT2D eigenvalue weighted by atomic mass is 10.0. The summed E-state index contributed by atoms with van der Waals surface area (Å²) in [4.78, 5) is 55.1. The standard InChI is InChI=1S/C27H28BrN5O5/c1-38-26(37)22(8-4-5-13-31-27(29)30)33-25(36)23(34)20-15-19(28)11-12-21(20)32-24(35)18-10-9-16-6-2-3-7-17(16)14-18/h2-3,6-7,9-12,14-15,22H,4-5,8,13H2,1H3,(H,32,35)(H,33,36)(H4,29,30,31). The number of anilines is 1. The number of rotatable bonds is 11. The number of nitrogens with one attached hydrogen (secondary N) is 2. The van der Waals surface area contributed by atoms with Gasteiger partial charge >= 0.3 is 5.97 Å². The molecule has 0 heterocycles. The first-order valence-electron chi connectivity index (χ1n) is 11.8. The molecule has 0 spiro atoms. The van der Waals surface area contributed by atoms with E-state index in [0.29, 0.717) is 29.4 Å². The maximum absolute atomic E-state index is 13.1. The zero-order valence-corrected chi connectivity index (χ0v) is 22.3. The van der Waals surface area contributed by atoms with E-state index in [1.54, 1.807) is 18.2 Å². The van der Waals surface area contributed by atoms with E-state index in [2.05, 4.69) is 31.6 Å². The second kappa shape index (κ2) is 13.3. The molecule has 198 valence electrons. The Bertz CT molecular complexity index is 1390. The van der Waals surface area contributed by atoms with Gasteiger partial charge in [0.2, 0.25) is 0 Å². The lowest BCUT2D eigenvalue weighted by molar-refractivity contribution is -0.144. The van der Waals surface area contributed by atoms with Crippen LogP contribution >= 0.6 is 15.9 Å². The molecular formula is C27H28BrN5O5. The van der Waals surface area contributed by atoms with Gasteiger partial charge in [0.1, 0.15) is 6.04 Å². The van der Waals surface area contributed by atoms with Crippen LogP contribution in [0.3, 0.4) is 0 Å². The minimum Gasteiger partial charge on any atom is -0.467 e. The number of benzene rings is 3. The van der Waals surface area contributed by atoms with Crippen molar-refractivity contribution in [2.24, 2.45) is 16.5 Å². The van der Waals surface area contributed by atoms with Crippen LogP contribution in [0.15, 0.2) is 70.1 Å². The van der Waals surface area contributed by atoms with Gasteiger partial charge in [0, 0.05) is 16.6 Å². The van der Waals surface area contributed by atoms with Gasteiger partial charge in [-0.3, -0.25) is 19.4 Å². The van der Waals surface area contributed by atoms with Crippen LogP contribution in [-0.2, 0) is 14.3 Å². The average Bonchev–Trinajstić information content (AvgIpc) is 2.91. The van der Waals surface area contributed by atoms with Crippen molar-refractivity contribution in [3.05, 3.63) is 76.3 Å². The number of aliphatic imine (C=N–C) groups is 1. The summed E-state index contributed by atoms with van der Waals surface area (Å²) in [5, 5.41) is 7.03. The number of unbranched alkanes of at least 4 members (excludes halogenated alkanes) is 1. The number of amides is 2. The van der Waals surface area contributed by atoms with Crippen molar-refractivity contribution < 1.29 is 23.9 Å². The third-order valence-corrected chi connectivity index (χ3v) is 6.17. The van der Waals surface area contributed by atoms with E-state index in [1.165, 1.54) is 19.2 Å². The number of nitrogens with zero attached hydrogens (tertiary/aromatic N) is 1. The highest BCUT2D eigenvalue weighted by molar-refractivity contribution is 9.10. The highest BCUT2D eigenvalue weighted by Crippen LogP contribution is 2.24. The summed E-state index contributed by atoms with van der Waals surface area (Å²) in [7, 11) is 1.19. The summed E-state index contributed by atoms with van der Waals surface area (Å²) in [6.07, 6.45) is 1.27. The largest absolute Gasteiger partial charge is 0.467 e. The molecule has 0 saturated carbocycles. The van der Waals surface area contributed by atoms with Crippen LogP contribution in [0.5, 0.6) is 0 Å². The summed E-state index contributed by atoms with van der Waals surface area (Å²) in [5.74, 6) is -3.10. The number of carbonyl (C=O) groups is 4. The van der Waals surface area contributed by atoms with Crippen molar-refractivity contribution in [1.82, 2.24) is 5.32 Å². The van der Waals surface area contributed by atoms with Gasteiger partial charge in [0.15, 0.2) is 5.96 Å². The Kier molecular flexibility index (Phi) is 9.94. The van der Waals surface area contributed by atoms with Gasteiger partial charge in [-0.15, -0.1) is 0 Å². The zero-order chi connectivity index (χ0) is 27.7. The predicted octanol–water partition coefficient (Wildman–Crippen LogP) is 3.14. The van der Waals surface area contributed by atoms with E-state index >= 15 is 0 Å². The van der Waals surface area contributed by atoms with E-state index in [1.807, 2.05) is 30.3 Å². The Morgan fingerprint density at radius 1 is 0.974 bits per heavy atom. The van der Waals surface area contributed by atoms with E-state index < -0.39 is 29.6 Å². The van der Waals surface area contributed by atoms with E-state index in [-0.39, 0.29) is 23.6 Å². The Morgan fingerprint density at radius 2 is 1.71 bits per heavy atom. The molecule has 6 N–H and O–H groups in total.